The van der Waals surface area contributed by atoms with E-state index < -0.39 is 35.5 Å². The molecule has 0 amide bonds. The predicted molar refractivity (Wildman–Crippen MR) is 198 cm³/mol. The Morgan fingerprint density at radius 3 is 2.06 bits per heavy atom. The third-order valence-corrected chi connectivity index (χ3v) is 11.9. The minimum absolute atomic E-state index is 0.0809. The van der Waals surface area contributed by atoms with E-state index in [1.807, 2.05) is 40.7 Å². The summed E-state index contributed by atoms with van der Waals surface area (Å²) in [7, 11) is 0. The van der Waals surface area contributed by atoms with E-state index in [0.717, 1.165) is 38.5 Å². The van der Waals surface area contributed by atoms with Gasteiger partial charge < -0.3 is 35.0 Å². The van der Waals surface area contributed by atoms with Crippen molar-refractivity contribution in [2.45, 2.75) is 182 Å². The average Bonchev–Trinajstić information content (AvgIpc) is 3.63. The number of carbonyl (C=O) groups is 2. The van der Waals surface area contributed by atoms with Crippen LogP contribution in [0, 0.1) is 41.4 Å². The standard InChI is InChI=1S/C41H72O9/c1-25(21-29(5)34(43)24-35(44)30(6)22-27(3)20-26(2)14-15-38(46)47)12-11-13-28(4)39(48)31(7)36(45)23-33-16-18-41(10,49-33)37-17-19-40(9,50-37)32(8)42/h11,13,24-33,36-37,39,42-43,45,48H,12,14-23H2,1-10H3,(H,46,47)/b13-11+,34-24-/t25-,26-,27+,28-,29-,30+,31+,32+,33-,36+,37+,39-,40-,41-/m1/s1. The second-order valence-corrected chi connectivity index (χ2v) is 17.1. The zero-order valence-corrected chi connectivity index (χ0v) is 32.8. The fourth-order valence-corrected chi connectivity index (χ4v) is 8.02. The highest BCUT2D eigenvalue weighted by molar-refractivity contribution is 5.91. The van der Waals surface area contributed by atoms with Gasteiger partial charge in [-0.05, 0) is 103 Å². The average molecular weight is 709 g/mol. The summed E-state index contributed by atoms with van der Waals surface area (Å²) in [5.74, 6) is -0.810. The molecule has 0 saturated carbocycles. The van der Waals surface area contributed by atoms with Crippen molar-refractivity contribution in [3.8, 4) is 0 Å². The lowest BCUT2D eigenvalue weighted by Crippen LogP contribution is -2.44. The molecule has 290 valence electrons. The first-order valence-electron chi connectivity index (χ1n) is 19.4. The number of aliphatic carboxylic acids is 1. The van der Waals surface area contributed by atoms with E-state index in [1.165, 1.54) is 6.08 Å². The van der Waals surface area contributed by atoms with E-state index >= 15 is 0 Å². The number of hydrogen-bond donors (Lipinski definition) is 5. The molecule has 0 aromatic carbocycles. The first-order valence-corrected chi connectivity index (χ1v) is 19.4. The molecule has 2 aliphatic heterocycles. The zero-order valence-electron chi connectivity index (χ0n) is 32.8. The maximum atomic E-state index is 12.8. The SMILES string of the molecule is C[C@H](CCC(=O)O)C[C@H](C)C[C@H](C)C(=O)/C=C(\O)[C@H](C)C[C@H](C)C/C=C/[C@@H](C)[C@@H](O)[C@@H](C)[C@@H](O)C[C@H]1CC[C@](C)([C@@H]2CC[C@](C)([C@H](C)O)O2)O1. The quantitative estimate of drug-likeness (QED) is 0.0431. The van der Waals surface area contributed by atoms with E-state index in [2.05, 4.69) is 33.8 Å². The van der Waals surface area contributed by atoms with Crippen LogP contribution >= 0.6 is 0 Å². The van der Waals surface area contributed by atoms with Crippen molar-refractivity contribution in [2.24, 2.45) is 41.4 Å². The molecule has 2 saturated heterocycles. The van der Waals surface area contributed by atoms with Gasteiger partial charge in [0.2, 0.25) is 0 Å². The zero-order chi connectivity index (χ0) is 38.0. The minimum Gasteiger partial charge on any atom is -0.512 e. The van der Waals surface area contributed by atoms with Crippen LogP contribution < -0.4 is 0 Å². The fraction of sp³-hybridized carbons (Fsp3) is 0.854. The number of ether oxygens (including phenoxy) is 2. The summed E-state index contributed by atoms with van der Waals surface area (Å²) in [5.41, 5.74) is -1.01. The highest BCUT2D eigenvalue weighted by atomic mass is 16.6. The number of aliphatic hydroxyl groups is 4. The van der Waals surface area contributed by atoms with Crippen LogP contribution in [0.25, 0.3) is 0 Å². The van der Waals surface area contributed by atoms with Gasteiger partial charge in [-0.15, -0.1) is 0 Å². The summed E-state index contributed by atoms with van der Waals surface area (Å²) >= 11 is 0. The molecule has 2 fully saturated rings. The van der Waals surface area contributed by atoms with Gasteiger partial charge in [0.25, 0.3) is 0 Å². The van der Waals surface area contributed by atoms with Crippen LogP contribution in [0.15, 0.2) is 24.0 Å². The van der Waals surface area contributed by atoms with Crippen LogP contribution in [0.5, 0.6) is 0 Å². The van der Waals surface area contributed by atoms with Crippen molar-refractivity contribution < 1.29 is 44.6 Å². The van der Waals surface area contributed by atoms with Crippen LogP contribution in [0.3, 0.4) is 0 Å². The van der Waals surface area contributed by atoms with Crippen LogP contribution in [0.1, 0.15) is 140 Å². The number of carbonyl (C=O) groups excluding carboxylic acids is 1. The van der Waals surface area contributed by atoms with Gasteiger partial charge in [0, 0.05) is 36.2 Å². The second-order valence-electron chi connectivity index (χ2n) is 17.1. The Balaban J connectivity index is 1.77. The Morgan fingerprint density at radius 2 is 1.46 bits per heavy atom. The summed E-state index contributed by atoms with van der Waals surface area (Å²) in [5, 5.41) is 51.9. The fourth-order valence-electron chi connectivity index (χ4n) is 8.02. The molecule has 0 unspecified atom stereocenters. The van der Waals surface area contributed by atoms with Crippen LogP contribution in [0.2, 0.25) is 0 Å². The van der Waals surface area contributed by atoms with Gasteiger partial charge in [0.05, 0.1) is 47.5 Å². The second kappa shape index (κ2) is 19.9. The molecule has 50 heavy (non-hydrogen) atoms. The Bertz CT molecular complexity index is 1120. The van der Waals surface area contributed by atoms with Gasteiger partial charge in [-0.1, -0.05) is 60.6 Å². The Labute approximate surface area is 302 Å². The Hall–Kier alpha value is -1.78. The van der Waals surface area contributed by atoms with Gasteiger partial charge in [-0.2, -0.15) is 0 Å². The Morgan fingerprint density at radius 1 is 0.820 bits per heavy atom. The Kier molecular flexibility index (Phi) is 17.7. The molecular formula is C41H72O9. The maximum absolute atomic E-state index is 12.8. The summed E-state index contributed by atoms with van der Waals surface area (Å²) in [4.78, 5) is 23.7. The molecule has 0 radical (unpaired) electrons. The number of allylic oxidation sites excluding steroid dienone is 3. The molecule has 2 heterocycles. The number of hydrogen-bond acceptors (Lipinski definition) is 8. The number of ketones is 1. The molecule has 2 rings (SSSR count). The third kappa shape index (κ3) is 13.6. The molecule has 0 spiro atoms. The van der Waals surface area contributed by atoms with E-state index in [0.29, 0.717) is 25.7 Å². The van der Waals surface area contributed by atoms with Gasteiger partial charge >= 0.3 is 5.97 Å². The first kappa shape index (κ1) is 44.4. The maximum Gasteiger partial charge on any atom is 0.303 e. The lowest BCUT2D eigenvalue weighted by Gasteiger charge is -2.35. The van der Waals surface area contributed by atoms with Gasteiger partial charge in [-0.25, -0.2) is 0 Å². The minimum atomic E-state index is -0.781. The molecule has 9 heteroatoms. The molecule has 0 aromatic rings. The van der Waals surface area contributed by atoms with Crippen molar-refractivity contribution in [2.75, 3.05) is 0 Å². The molecule has 9 nitrogen and oxygen atoms in total. The van der Waals surface area contributed by atoms with Crippen molar-refractivity contribution in [1.29, 1.82) is 0 Å². The van der Waals surface area contributed by atoms with Crippen LogP contribution in [-0.2, 0) is 19.1 Å². The molecule has 0 aliphatic carbocycles. The molecule has 5 N–H and O–H groups in total. The summed E-state index contributed by atoms with van der Waals surface area (Å²) in [6.45, 7) is 19.7. The molecular weight excluding hydrogens is 636 g/mol. The van der Waals surface area contributed by atoms with Crippen molar-refractivity contribution in [3.63, 3.8) is 0 Å². The van der Waals surface area contributed by atoms with E-state index in [4.69, 9.17) is 14.6 Å². The number of carboxylic acids is 1. The highest BCUT2D eigenvalue weighted by Crippen LogP contribution is 2.45. The monoisotopic (exact) mass is 709 g/mol. The van der Waals surface area contributed by atoms with Gasteiger partial charge in [0.1, 0.15) is 0 Å². The lowest BCUT2D eigenvalue weighted by atomic mass is 9.85. The summed E-state index contributed by atoms with van der Waals surface area (Å²) in [6, 6.07) is 0. The van der Waals surface area contributed by atoms with Crippen LogP contribution in [-0.4, -0.2) is 79.0 Å². The third-order valence-electron chi connectivity index (χ3n) is 11.9. The molecule has 14 atom stereocenters. The molecule has 0 bridgehead atoms. The summed E-state index contributed by atoms with van der Waals surface area (Å²) in [6.07, 6.45) is 10.8. The largest absolute Gasteiger partial charge is 0.512 e. The predicted octanol–water partition coefficient (Wildman–Crippen LogP) is 7.80. The van der Waals surface area contributed by atoms with Crippen molar-refractivity contribution >= 4 is 11.8 Å². The van der Waals surface area contributed by atoms with Gasteiger partial charge in [-0.3, -0.25) is 9.59 Å². The van der Waals surface area contributed by atoms with Crippen molar-refractivity contribution in [3.05, 3.63) is 24.0 Å². The number of aliphatic hydroxyl groups excluding tert-OH is 4. The summed E-state index contributed by atoms with van der Waals surface area (Å²) < 4.78 is 12.7. The smallest absolute Gasteiger partial charge is 0.303 e. The van der Waals surface area contributed by atoms with E-state index in [-0.39, 0.29) is 71.6 Å². The van der Waals surface area contributed by atoms with Crippen LogP contribution in [0.4, 0.5) is 0 Å². The van der Waals surface area contributed by atoms with E-state index in [1.54, 1.807) is 6.92 Å². The van der Waals surface area contributed by atoms with E-state index in [9.17, 15) is 30.0 Å². The molecule has 0 aromatic heterocycles. The molecule has 2 aliphatic rings. The number of carboxylic acid groups (broad SMARTS) is 1. The normalized spacial score (nSPS) is 30.7. The van der Waals surface area contributed by atoms with Gasteiger partial charge in [0.15, 0.2) is 5.78 Å². The lowest BCUT2D eigenvalue weighted by molar-refractivity contribution is -0.172. The van der Waals surface area contributed by atoms with Crippen molar-refractivity contribution in [1.82, 2.24) is 0 Å². The highest BCUT2D eigenvalue weighted by Gasteiger charge is 2.51. The first-order chi connectivity index (χ1) is 23.2. The topological polar surface area (TPSA) is 154 Å². The number of rotatable bonds is 22.